The fourth-order valence-corrected chi connectivity index (χ4v) is 5.28. The molecule has 0 saturated heterocycles. The van der Waals surface area contributed by atoms with Crippen molar-refractivity contribution >= 4 is 55.1 Å². The monoisotopic (exact) mass is 605 g/mol. The highest BCUT2D eigenvalue weighted by molar-refractivity contribution is 9.10. The summed E-state index contributed by atoms with van der Waals surface area (Å²) >= 11 is 9.57. The number of aryl methyl sites for hydroxylation is 1. The highest BCUT2D eigenvalue weighted by Gasteiger charge is 2.33. The molecular formula is C27H29BrClN3O4S. The van der Waals surface area contributed by atoms with E-state index in [1.165, 1.54) is 18.0 Å². The van der Waals surface area contributed by atoms with Gasteiger partial charge >= 0.3 is 0 Å². The summed E-state index contributed by atoms with van der Waals surface area (Å²) in [7, 11) is -2.34. The van der Waals surface area contributed by atoms with Gasteiger partial charge in [-0.3, -0.25) is 13.9 Å². The number of halogens is 2. The fourth-order valence-electron chi connectivity index (χ4n) is 3.95. The van der Waals surface area contributed by atoms with Crippen molar-refractivity contribution in [2.45, 2.75) is 25.9 Å². The Morgan fingerprint density at radius 3 is 2.24 bits per heavy atom. The number of sulfonamides is 1. The molecule has 1 unspecified atom stereocenters. The van der Waals surface area contributed by atoms with Gasteiger partial charge in [-0.15, -0.1) is 0 Å². The van der Waals surface area contributed by atoms with Gasteiger partial charge in [0.25, 0.3) is 0 Å². The zero-order valence-electron chi connectivity index (χ0n) is 20.8. The summed E-state index contributed by atoms with van der Waals surface area (Å²) in [6, 6.07) is 20.8. The number of rotatable bonds is 10. The van der Waals surface area contributed by atoms with E-state index in [-0.39, 0.29) is 18.9 Å². The molecule has 0 radical (unpaired) electrons. The van der Waals surface area contributed by atoms with Crippen molar-refractivity contribution in [2.24, 2.45) is 0 Å². The molecule has 0 aliphatic heterocycles. The second-order valence-corrected chi connectivity index (χ2v) is 11.9. The third-order valence-electron chi connectivity index (χ3n) is 5.90. The SMILES string of the molecule is CNC(=O)C(Cc1ccccc1)N(Cc1ccc(Br)cc1)C(=O)CN(c1cc(Cl)ccc1C)S(C)(=O)=O. The molecule has 1 atom stereocenters. The van der Waals surface area contributed by atoms with Crippen molar-refractivity contribution in [3.05, 3.63) is 99.0 Å². The van der Waals surface area contributed by atoms with Crippen LogP contribution in [0.2, 0.25) is 5.02 Å². The predicted octanol–water partition coefficient (Wildman–Crippen LogP) is 4.56. The number of amides is 2. The zero-order chi connectivity index (χ0) is 27.2. The van der Waals surface area contributed by atoms with E-state index in [4.69, 9.17) is 11.6 Å². The maximum atomic E-state index is 13.9. The lowest BCUT2D eigenvalue weighted by Crippen LogP contribution is -2.53. The van der Waals surface area contributed by atoms with E-state index < -0.39 is 28.5 Å². The summed E-state index contributed by atoms with van der Waals surface area (Å²) in [5.74, 6) is -0.864. The van der Waals surface area contributed by atoms with Crippen LogP contribution in [0, 0.1) is 6.92 Å². The minimum Gasteiger partial charge on any atom is -0.357 e. The van der Waals surface area contributed by atoms with Gasteiger partial charge in [-0.05, 0) is 47.9 Å². The van der Waals surface area contributed by atoms with Crippen LogP contribution in [-0.4, -0.2) is 51.0 Å². The van der Waals surface area contributed by atoms with Gasteiger partial charge in [0.1, 0.15) is 12.6 Å². The first-order valence-corrected chi connectivity index (χ1v) is 14.5. The number of carbonyl (C=O) groups excluding carboxylic acids is 2. The van der Waals surface area contributed by atoms with Gasteiger partial charge in [-0.1, -0.05) is 76.1 Å². The number of nitrogens with one attached hydrogen (secondary N) is 1. The smallest absolute Gasteiger partial charge is 0.244 e. The van der Waals surface area contributed by atoms with Crippen LogP contribution in [0.1, 0.15) is 16.7 Å². The zero-order valence-corrected chi connectivity index (χ0v) is 24.0. The van der Waals surface area contributed by atoms with Crippen LogP contribution in [0.25, 0.3) is 0 Å². The maximum absolute atomic E-state index is 13.9. The first-order chi connectivity index (χ1) is 17.5. The van der Waals surface area contributed by atoms with Crippen molar-refractivity contribution in [3.63, 3.8) is 0 Å². The van der Waals surface area contributed by atoms with Crippen LogP contribution in [0.15, 0.2) is 77.3 Å². The quantitative estimate of drug-likeness (QED) is 0.367. The van der Waals surface area contributed by atoms with E-state index in [0.717, 1.165) is 26.2 Å². The first-order valence-electron chi connectivity index (χ1n) is 11.5. The van der Waals surface area contributed by atoms with Crippen molar-refractivity contribution in [1.29, 1.82) is 0 Å². The van der Waals surface area contributed by atoms with E-state index >= 15 is 0 Å². The van der Waals surface area contributed by atoms with Crippen molar-refractivity contribution in [2.75, 3.05) is 24.2 Å². The average molecular weight is 607 g/mol. The molecule has 0 saturated carbocycles. The van der Waals surface area contributed by atoms with Crippen LogP contribution >= 0.6 is 27.5 Å². The third-order valence-corrected chi connectivity index (χ3v) is 7.79. The summed E-state index contributed by atoms with van der Waals surface area (Å²) < 4.78 is 27.6. The Morgan fingerprint density at radius 2 is 1.65 bits per heavy atom. The van der Waals surface area contributed by atoms with Crippen molar-refractivity contribution in [1.82, 2.24) is 10.2 Å². The largest absolute Gasteiger partial charge is 0.357 e. The Kier molecular flexibility index (Phi) is 9.75. The first kappa shape index (κ1) is 28.7. The predicted molar refractivity (Wildman–Crippen MR) is 151 cm³/mol. The Morgan fingerprint density at radius 1 is 1.00 bits per heavy atom. The van der Waals surface area contributed by atoms with Crippen LogP contribution in [0.3, 0.4) is 0 Å². The summed E-state index contributed by atoms with van der Waals surface area (Å²) in [6.07, 6.45) is 1.30. The van der Waals surface area contributed by atoms with Gasteiger partial charge in [0.15, 0.2) is 0 Å². The van der Waals surface area contributed by atoms with Crippen molar-refractivity contribution in [3.8, 4) is 0 Å². The number of nitrogens with zero attached hydrogens (tertiary/aromatic N) is 2. The second-order valence-electron chi connectivity index (χ2n) is 8.67. The van der Waals surface area contributed by atoms with E-state index in [0.29, 0.717) is 16.3 Å². The molecule has 3 aromatic carbocycles. The van der Waals surface area contributed by atoms with E-state index in [9.17, 15) is 18.0 Å². The number of hydrogen-bond acceptors (Lipinski definition) is 4. The molecule has 2 amide bonds. The average Bonchev–Trinajstić information content (AvgIpc) is 2.86. The van der Waals surface area contributed by atoms with Gasteiger partial charge in [-0.25, -0.2) is 8.42 Å². The molecule has 3 aromatic rings. The minimum absolute atomic E-state index is 0.114. The summed E-state index contributed by atoms with van der Waals surface area (Å²) in [5.41, 5.74) is 2.62. The summed E-state index contributed by atoms with van der Waals surface area (Å²) in [5, 5.41) is 3.01. The lowest BCUT2D eigenvalue weighted by molar-refractivity contribution is -0.139. The van der Waals surface area contributed by atoms with Crippen LogP contribution in [-0.2, 0) is 32.6 Å². The molecule has 1 N–H and O–H groups in total. The van der Waals surface area contributed by atoms with Gasteiger partial charge in [0, 0.05) is 29.5 Å². The van der Waals surface area contributed by atoms with E-state index in [1.54, 1.807) is 19.1 Å². The molecule has 0 aliphatic rings. The number of anilines is 1. The summed E-state index contributed by atoms with van der Waals surface area (Å²) in [4.78, 5) is 28.4. The molecule has 0 heterocycles. The molecule has 37 heavy (non-hydrogen) atoms. The molecule has 0 aliphatic carbocycles. The van der Waals surface area contributed by atoms with Crippen LogP contribution < -0.4 is 9.62 Å². The lowest BCUT2D eigenvalue weighted by Gasteiger charge is -2.33. The summed E-state index contributed by atoms with van der Waals surface area (Å²) in [6.45, 7) is 1.37. The lowest BCUT2D eigenvalue weighted by atomic mass is 10.0. The van der Waals surface area contributed by atoms with Crippen molar-refractivity contribution < 1.29 is 18.0 Å². The number of carbonyl (C=O) groups is 2. The maximum Gasteiger partial charge on any atom is 0.244 e. The Balaban J connectivity index is 2.04. The Labute approximate surface area is 231 Å². The Bertz CT molecular complexity index is 1350. The topological polar surface area (TPSA) is 86.8 Å². The molecule has 10 heteroatoms. The van der Waals surface area contributed by atoms with Crippen LogP contribution in [0.4, 0.5) is 5.69 Å². The minimum atomic E-state index is -3.85. The van der Waals surface area contributed by atoms with E-state index in [1.807, 2.05) is 54.6 Å². The second kappa shape index (κ2) is 12.6. The van der Waals surface area contributed by atoms with Crippen LogP contribution in [0.5, 0.6) is 0 Å². The Hall–Kier alpha value is -2.88. The van der Waals surface area contributed by atoms with Gasteiger partial charge in [0.2, 0.25) is 21.8 Å². The standard InChI is InChI=1S/C27H29BrClN3O4S/c1-19-9-14-23(29)16-24(19)32(37(3,35)36)18-26(33)31(17-21-10-12-22(28)13-11-21)25(27(34)30-2)15-20-7-5-4-6-8-20/h4-14,16,25H,15,17-18H2,1-3H3,(H,30,34). The van der Waals surface area contributed by atoms with Gasteiger partial charge in [-0.2, -0.15) is 0 Å². The fraction of sp³-hybridized carbons (Fsp3) is 0.259. The molecule has 0 fully saturated rings. The molecule has 3 rings (SSSR count). The van der Waals surface area contributed by atoms with Gasteiger partial charge in [0.05, 0.1) is 11.9 Å². The highest BCUT2D eigenvalue weighted by Crippen LogP contribution is 2.27. The molecule has 7 nitrogen and oxygen atoms in total. The molecule has 0 spiro atoms. The molecule has 196 valence electrons. The van der Waals surface area contributed by atoms with Gasteiger partial charge < -0.3 is 10.2 Å². The number of hydrogen-bond donors (Lipinski definition) is 1. The normalized spacial score (nSPS) is 12.0. The number of benzene rings is 3. The highest BCUT2D eigenvalue weighted by atomic mass is 79.9. The number of likely N-dealkylation sites (N-methyl/N-ethyl adjacent to an activating group) is 1. The van der Waals surface area contributed by atoms with E-state index in [2.05, 4.69) is 21.2 Å². The third kappa shape index (κ3) is 7.80. The molecule has 0 bridgehead atoms. The molecular weight excluding hydrogens is 578 g/mol. The molecule has 0 aromatic heterocycles.